The Morgan fingerprint density at radius 3 is 2.12 bits per heavy atom. The third kappa shape index (κ3) is 1.69. The summed E-state index contributed by atoms with van der Waals surface area (Å²) in [5.74, 6) is -0.288. The zero-order valence-electron chi connectivity index (χ0n) is 11.1. The number of rotatable bonds is 3. The highest BCUT2D eigenvalue weighted by molar-refractivity contribution is 5.80. The lowest BCUT2D eigenvalue weighted by atomic mass is 9.45. The lowest BCUT2D eigenvalue weighted by Crippen LogP contribution is -2.69. The van der Waals surface area contributed by atoms with Crippen LogP contribution >= 0.6 is 0 Å². The highest BCUT2D eigenvalue weighted by Gasteiger charge is 2.69. The molecule has 2 fully saturated rings. The maximum atomic E-state index is 12.0. The Morgan fingerprint density at radius 2 is 1.76 bits per heavy atom. The number of hydrogen-bond donors (Lipinski definition) is 1. The predicted octanol–water partition coefficient (Wildman–Crippen LogP) is 1.51. The van der Waals surface area contributed by atoms with Gasteiger partial charge in [0.1, 0.15) is 5.41 Å². The number of methoxy groups -OCH3 is 2. The Morgan fingerprint density at radius 1 is 1.24 bits per heavy atom. The molecule has 0 amide bonds. The zero-order valence-corrected chi connectivity index (χ0v) is 11.1. The van der Waals surface area contributed by atoms with E-state index >= 15 is 0 Å². The van der Waals surface area contributed by atoms with Crippen molar-refractivity contribution in [2.45, 2.75) is 51.2 Å². The van der Waals surface area contributed by atoms with Crippen molar-refractivity contribution in [2.75, 3.05) is 14.2 Å². The van der Waals surface area contributed by atoms with Gasteiger partial charge in [-0.15, -0.1) is 0 Å². The summed E-state index contributed by atoms with van der Waals surface area (Å²) in [6.07, 6.45) is 2.53. The monoisotopic (exact) mass is 242 g/mol. The minimum atomic E-state index is -0.904. The molecule has 0 spiro atoms. The molecule has 4 nitrogen and oxygen atoms in total. The second kappa shape index (κ2) is 3.69. The lowest BCUT2D eigenvalue weighted by Gasteiger charge is -2.62. The lowest BCUT2D eigenvalue weighted by molar-refractivity contribution is -0.251. The maximum Gasteiger partial charge on any atom is 0.314 e. The smallest absolute Gasteiger partial charge is 0.314 e. The molecule has 0 unspecified atom stereocenters. The largest absolute Gasteiger partial charge is 0.469 e. The van der Waals surface area contributed by atoms with E-state index in [-0.39, 0.29) is 17.5 Å². The van der Waals surface area contributed by atoms with E-state index in [4.69, 9.17) is 9.47 Å². The molecule has 0 bridgehead atoms. The summed E-state index contributed by atoms with van der Waals surface area (Å²) in [4.78, 5) is 12.0. The molecule has 98 valence electrons. The molecule has 0 saturated heterocycles. The first-order chi connectivity index (χ1) is 7.78. The van der Waals surface area contributed by atoms with E-state index in [2.05, 4.69) is 13.8 Å². The third-order valence-corrected chi connectivity index (χ3v) is 4.49. The molecule has 1 N–H and O–H groups in total. The second-order valence-electron chi connectivity index (χ2n) is 6.39. The Bertz CT molecular complexity index is 320. The molecule has 0 aromatic carbocycles. The predicted molar refractivity (Wildman–Crippen MR) is 62.4 cm³/mol. The normalized spacial score (nSPS) is 37.8. The van der Waals surface area contributed by atoms with E-state index in [0.29, 0.717) is 25.7 Å². The molecule has 2 rings (SSSR count). The van der Waals surface area contributed by atoms with Crippen LogP contribution in [0.1, 0.15) is 39.5 Å². The standard InChI is InChI=1S/C13H22O4/c1-11(2)7-13(15,8-11)12(10(14)17-4)5-9(6-12)16-3/h9,15H,5-8H2,1-4H3. The van der Waals surface area contributed by atoms with E-state index in [1.807, 2.05) is 0 Å². The minimum absolute atomic E-state index is 0.0711. The van der Waals surface area contributed by atoms with Gasteiger partial charge in [-0.3, -0.25) is 4.79 Å². The molecule has 2 saturated carbocycles. The number of carbonyl (C=O) groups excluding carboxylic acids is 1. The van der Waals surface area contributed by atoms with Crippen LogP contribution in [0.15, 0.2) is 0 Å². The molecular formula is C13H22O4. The molecule has 0 aliphatic heterocycles. The Kier molecular flexibility index (Phi) is 2.79. The molecule has 17 heavy (non-hydrogen) atoms. The van der Waals surface area contributed by atoms with Gasteiger partial charge in [-0.25, -0.2) is 0 Å². The van der Waals surface area contributed by atoms with Gasteiger partial charge in [-0.1, -0.05) is 13.8 Å². The van der Waals surface area contributed by atoms with Gasteiger partial charge in [0.2, 0.25) is 0 Å². The van der Waals surface area contributed by atoms with E-state index in [9.17, 15) is 9.90 Å². The van der Waals surface area contributed by atoms with Crippen LogP contribution in [0.5, 0.6) is 0 Å². The van der Waals surface area contributed by atoms with Crippen molar-refractivity contribution in [3.8, 4) is 0 Å². The second-order valence-corrected chi connectivity index (χ2v) is 6.39. The molecule has 0 aromatic rings. The SMILES string of the molecule is COC(=O)C1(C2(O)CC(C)(C)C2)CC(OC)C1. The van der Waals surface area contributed by atoms with Crippen LogP contribution in [0.4, 0.5) is 0 Å². The highest BCUT2D eigenvalue weighted by atomic mass is 16.5. The van der Waals surface area contributed by atoms with Gasteiger partial charge >= 0.3 is 5.97 Å². The van der Waals surface area contributed by atoms with Crippen molar-refractivity contribution in [2.24, 2.45) is 10.8 Å². The van der Waals surface area contributed by atoms with Crippen molar-refractivity contribution >= 4 is 5.97 Å². The van der Waals surface area contributed by atoms with Gasteiger partial charge < -0.3 is 14.6 Å². The van der Waals surface area contributed by atoms with Crippen molar-refractivity contribution in [3.05, 3.63) is 0 Å². The summed E-state index contributed by atoms with van der Waals surface area (Å²) in [7, 11) is 3.03. The maximum absolute atomic E-state index is 12.0. The molecule has 0 atom stereocenters. The average Bonchev–Trinajstić information content (AvgIpc) is 2.12. The van der Waals surface area contributed by atoms with E-state index in [1.165, 1.54) is 7.11 Å². The zero-order chi connectivity index (χ0) is 12.9. The number of ether oxygens (including phenoxy) is 2. The Labute approximate surface area is 102 Å². The number of aliphatic hydroxyl groups is 1. The summed E-state index contributed by atoms with van der Waals surface area (Å²) in [5, 5.41) is 10.7. The Balaban J connectivity index is 2.17. The van der Waals surface area contributed by atoms with Gasteiger partial charge in [-0.05, 0) is 31.1 Å². The fraction of sp³-hybridized carbons (Fsp3) is 0.923. The number of hydrogen-bond acceptors (Lipinski definition) is 4. The first-order valence-electron chi connectivity index (χ1n) is 6.12. The number of carbonyl (C=O) groups is 1. The highest BCUT2D eigenvalue weighted by Crippen LogP contribution is 2.63. The van der Waals surface area contributed by atoms with Crippen LogP contribution in [-0.4, -0.2) is 37.0 Å². The van der Waals surface area contributed by atoms with Crippen LogP contribution in [0, 0.1) is 10.8 Å². The van der Waals surface area contributed by atoms with E-state index in [0.717, 1.165) is 0 Å². The number of esters is 1. The van der Waals surface area contributed by atoms with Gasteiger partial charge in [0.15, 0.2) is 0 Å². The quantitative estimate of drug-likeness (QED) is 0.762. The molecule has 0 heterocycles. The first-order valence-corrected chi connectivity index (χ1v) is 6.12. The van der Waals surface area contributed by atoms with Crippen LogP contribution < -0.4 is 0 Å². The summed E-state index contributed by atoms with van der Waals surface area (Å²) in [5.41, 5.74) is -1.52. The van der Waals surface area contributed by atoms with Crippen molar-refractivity contribution in [1.29, 1.82) is 0 Å². The molecule has 0 aromatic heterocycles. The van der Waals surface area contributed by atoms with E-state index < -0.39 is 11.0 Å². The summed E-state index contributed by atoms with van der Waals surface area (Å²) in [6.45, 7) is 4.22. The van der Waals surface area contributed by atoms with Crippen LogP contribution in [0.25, 0.3) is 0 Å². The molecule has 2 aliphatic carbocycles. The summed E-state index contributed by atoms with van der Waals surface area (Å²) >= 11 is 0. The first kappa shape index (κ1) is 12.8. The van der Waals surface area contributed by atoms with E-state index in [1.54, 1.807) is 7.11 Å². The Hall–Kier alpha value is -0.610. The fourth-order valence-corrected chi connectivity index (χ4v) is 3.69. The van der Waals surface area contributed by atoms with Gasteiger partial charge in [0, 0.05) is 7.11 Å². The topological polar surface area (TPSA) is 55.8 Å². The fourth-order valence-electron chi connectivity index (χ4n) is 3.69. The van der Waals surface area contributed by atoms with Gasteiger partial charge in [-0.2, -0.15) is 0 Å². The molecule has 4 heteroatoms. The third-order valence-electron chi connectivity index (χ3n) is 4.49. The summed E-state index contributed by atoms with van der Waals surface area (Å²) in [6, 6.07) is 0. The van der Waals surface area contributed by atoms with Crippen LogP contribution in [0.2, 0.25) is 0 Å². The molecule has 2 aliphatic rings. The molecule has 0 radical (unpaired) electrons. The van der Waals surface area contributed by atoms with Gasteiger partial charge in [0.25, 0.3) is 0 Å². The summed E-state index contributed by atoms with van der Waals surface area (Å²) < 4.78 is 10.1. The minimum Gasteiger partial charge on any atom is -0.469 e. The van der Waals surface area contributed by atoms with Gasteiger partial charge in [0.05, 0.1) is 18.8 Å². The molecular weight excluding hydrogens is 220 g/mol. The van der Waals surface area contributed by atoms with Crippen LogP contribution in [0.3, 0.4) is 0 Å². The van der Waals surface area contributed by atoms with Crippen molar-refractivity contribution in [1.82, 2.24) is 0 Å². The van der Waals surface area contributed by atoms with Crippen molar-refractivity contribution in [3.63, 3.8) is 0 Å². The van der Waals surface area contributed by atoms with Crippen molar-refractivity contribution < 1.29 is 19.4 Å². The average molecular weight is 242 g/mol. The van der Waals surface area contributed by atoms with Crippen LogP contribution in [-0.2, 0) is 14.3 Å².